The maximum atomic E-state index is 6.35. The summed E-state index contributed by atoms with van der Waals surface area (Å²) in [5.74, 6) is 0. The van der Waals surface area contributed by atoms with Crippen molar-refractivity contribution in [1.82, 2.24) is 4.90 Å². The van der Waals surface area contributed by atoms with E-state index in [0.29, 0.717) is 0 Å². The van der Waals surface area contributed by atoms with Gasteiger partial charge in [0.05, 0.1) is 0 Å². The van der Waals surface area contributed by atoms with Crippen LogP contribution in [0.4, 0.5) is 0 Å². The molecule has 0 radical (unpaired) electrons. The van der Waals surface area contributed by atoms with Crippen LogP contribution in [0, 0.1) is 6.92 Å². The maximum Gasteiger partial charge on any atom is 0.0427 e. The smallest absolute Gasteiger partial charge is 0.0427 e. The Morgan fingerprint density at radius 2 is 2.18 bits per heavy atom. The molecule has 2 unspecified atom stereocenters. The Bertz CT molecular complexity index is 362. The normalized spacial score (nSPS) is 22.9. The Morgan fingerprint density at radius 1 is 1.41 bits per heavy atom. The van der Waals surface area contributed by atoms with Gasteiger partial charge in [-0.05, 0) is 43.9 Å². The third kappa shape index (κ3) is 2.88. The molecule has 1 fully saturated rings. The molecule has 1 aliphatic rings. The summed E-state index contributed by atoms with van der Waals surface area (Å²) in [6.07, 6.45) is 3.93. The van der Waals surface area contributed by atoms with Crippen molar-refractivity contribution in [3.63, 3.8) is 0 Å². The quantitative estimate of drug-likeness (QED) is 0.865. The fraction of sp³-hybridized carbons (Fsp3) is 0.600. The molecule has 17 heavy (non-hydrogen) atoms. The van der Waals surface area contributed by atoms with Gasteiger partial charge in [-0.1, -0.05) is 31.2 Å². The predicted octanol–water partition coefficient (Wildman–Crippen LogP) is 2.87. The van der Waals surface area contributed by atoms with Crippen molar-refractivity contribution >= 4 is 0 Å². The summed E-state index contributed by atoms with van der Waals surface area (Å²) in [7, 11) is 0. The molecule has 2 nitrogen and oxygen atoms in total. The molecule has 0 aromatic heterocycles. The molecule has 0 spiro atoms. The molecule has 2 N–H and O–H groups in total. The van der Waals surface area contributed by atoms with E-state index in [9.17, 15) is 0 Å². The summed E-state index contributed by atoms with van der Waals surface area (Å²) in [4.78, 5) is 2.57. The second kappa shape index (κ2) is 5.65. The van der Waals surface area contributed by atoms with Crippen LogP contribution >= 0.6 is 0 Å². The first-order valence-corrected chi connectivity index (χ1v) is 6.77. The first kappa shape index (κ1) is 12.6. The summed E-state index contributed by atoms with van der Waals surface area (Å²) in [5, 5.41) is 0. The average Bonchev–Trinajstić information content (AvgIpc) is 2.76. The van der Waals surface area contributed by atoms with Gasteiger partial charge in [0.15, 0.2) is 0 Å². The SMILES string of the molecule is CCC1CCCN1CC(N)c1ccccc1C. The standard InChI is InChI=1S/C15H24N2/c1-3-13-8-6-10-17(13)11-15(16)14-9-5-4-7-12(14)2/h4-5,7,9,13,15H,3,6,8,10-11,16H2,1-2H3. The van der Waals surface area contributed by atoms with Gasteiger partial charge in [-0.25, -0.2) is 0 Å². The van der Waals surface area contributed by atoms with Crippen molar-refractivity contribution in [3.05, 3.63) is 35.4 Å². The highest BCUT2D eigenvalue weighted by atomic mass is 15.2. The summed E-state index contributed by atoms with van der Waals surface area (Å²) < 4.78 is 0. The van der Waals surface area contributed by atoms with Crippen LogP contribution in [-0.4, -0.2) is 24.0 Å². The highest BCUT2D eigenvalue weighted by Crippen LogP contribution is 2.23. The molecule has 0 amide bonds. The van der Waals surface area contributed by atoms with E-state index in [-0.39, 0.29) is 6.04 Å². The largest absolute Gasteiger partial charge is 0.323 e. The number of nitrogens with zero attached hydrogens (tertiary/aromatic N) is 1. The van der Waals surface area contributed by atoms with E-state index in [4.69, 9.17) is 5.73 Å². The third-order valence-corrected chi connectivity index (χ3v) is 3.99. The fourth-order valence-electron chi connectivity index (χ4n) is 2.95. The zero-order valence-corrected chi connectivity index (χ0v) is 11.0. The first-order valence-electron chi connectivity index (χ1n) is 6.77. The van der Waals surface area contributed by atoms with E-state index in [0.717, 1.165) is 12.6 Å². The van der Waals surface area contributed by atoms with Crippen LogP contribution in [0.25, 0.3) is 0 Å². The molecule has 1 aliphatic heterocycles. The van der Waals surface area contributed by atoms with Crippen molar-refractivity contribution < 1.29 is 0 Å². The predicted molar refractivity (Wildman–Crippen MR) is 73.0 cm³/mol. The van der Waals surface area contributed by atoms with Gasteiger partial charge in [0, 0.05) is 18.6 Å². The van der Waals surface area contributed by atoms with E-state index in [1.807, 2.05) is 0 Å². The number of rotatable bonds is 4. The summed E-state index contributed by atoms with van der Waals surface area (Å²) >= 11 is 0. The van der Waals surface area contributed by atoms with Crippen molar-refractivity contribution in [2.24, 2.45) is 5.73 Å². The molecule has 2 rings (SSSR count). The number of aryl methyl sites for hydroxylation is 1. The molecule has 0 aliphatic carbocycles. The number of hydrogen-bond acceptors (Lipinski definition) is 2. The monoisotopic (exact) mass is 232 g/mol. The highest BCUT2D eigenvalue weighted by Gasteiger charge is 2.24. The summed E-state index contributed by atoms with van der Waals surface area (Å²) in [5.41, 5.74) is 8.96. The zero-order chi connectivity index (χ0) is 12.3. The molecule has 1 saturated heterocycles. The van der Waals surface area contributed by atoms with Gasteiger partial charge in [0.2, 0.25) is 0 Å². The average molecular weight is 232 g/mol. The Morgan fingerprint density at radius 3 is 2.88 bits per heavy atom. The Labute approximate surface area is 105 Å². The molecule has 0 saturated carbocycles. The van der Waals surface area contributed by atoms with Crippen LogP contribution in [0.2, 0.25) is 0 Å². The van der Waals surface area contributed by atoms with E-state index in [1.165, 1.54) is 36.9 Å². The minimum Gasteiger partial charge on any atom is -0.323 e. The lowest BCUT2D eigenvalue weighted by Gasteiger charge is -2.27. The second-order valence-electron chi connectivity index (χ2n) is 5.16. The second-order valence-corrected chi connectivity index (χ2v) is 5.16. The Kier molecular flexibility index (Phi) is 4.19. The lowest BCUT2D eigenvalue weighted by Crippen LogP contribution is -2.35. The van der Waals surface area contributed by atoms with Crippen LogP contribution in [-0.2, 0) is 0 Å². The topological polar surface area (TPSA) is 29.3 Å². The fourth-order valence-corrected chi connectivity index (χ4v) is 2.95. The molecule has 2 heteroatoms. The number of benzene rings is 1. The van der Waals surface area contributed by atoms with Gasteiger partial charge in [-0.3, -0.25) is 4.90 Å². The first-order chi connectivity index (χ1) is 8.22. The Hall–Kier alpha value is -0.860. The molecule has 1 aromatic rings. The molecule has 0 bridgehead atoms. The van der Waals surface area contributed by atoms with E-state index < -0.39 is 0 Å². The van der Waals surface area contributed by atoms with Crippen molar-refractivity contribution in [3.8, 4) is 0 Å². The Balaban J connectivity index is 2.01. The van der Waals surface area contributed by atoms with Crippen molar-refractivity contribution in [1.29, 1.82) is 0 Å². The summed E-state index contributed by atoms with van der Waals surface area (Å²) in [6.45, 7) is 6.65. The molecule has 1 aromatic carbocycles. The van der Waals surface area contributed by atoms with Crippen LogP contribution in [0.5, 0.6) is 0 Å². The van der Waals surface area contributed by atoms with Gasteiger partial charge in [0.1, 0.15) is 0 Å². The lowest BCUT2D eigenvalue weighted by molar-refractivity contribution is 0.234. The molecular formula is C15H24N2. The van der Waals surface area contributed by atoms with Crippen LogP contribution < -0.4 is 5.73 Å². The minimum absolute atomic E-state index is 0.156. The van der Waals surface area contributed by atoms with Gasteiger partial charge < -0.3 is 5.73 Å². The minimum atomic E-state index is 0.156. The van der Waals surface area contributed by atoms with Gasteiger partial charge in [-0.15, -0.1) is 0 Å². The third-order valence-electron chi connectivity index (χ3n) is 3.99. The zero-order valence-electron chi connectivity index (χ0n) is 11.0. The van der Waals surface area contributed by atoms with E-state index in [1.54, 1.807) is 0 Å². The maximum absolute atomic E-state index is 6.35. The van der Waals surface area contributed by atoms with E-state index in [2.05, 4.69) is 43.0 Å². The number of nitrogens with two attached hydrogens (primary N) is 1. The molecule has 1 heterocycles. The number of hydrogen-bond donors (Lipinski definition) is 1. The van der Waals surface area contributed by atoms with Crippen LogP contribution in [0.15, 0.2) is 24.3 Å². The van der Waals surface area contributed by atoms with Crippen molar-refractivity contribution in [2.45, 2.75) is 45.2 Å². The van der Waals surface area contributed by atoms with Gasteiger partial charge >= 0.3 is 0 Å². The van der Waals surface area contributed by atoms with Crippen LogP contribution in [0.3, 0.4) is 0 Å². The summed E-state index contributed by atoms with van der Waals surface area (Å²) in [6, 6.07) is 9.39. The van der Waals surface area contributed by atoms with Gasteiger partial charge in [0.25, 0.3) is 0 Å². The molecule has 94 valence electrons. The lowest BCUT2D eigenvalue weighted by atomic mass is 10.0. The van der Waals surface area contributed by atoms with Crippen molar-refractivity contribution in [2.75, 3.05) is 13.1 Å². The molecule has 2 atom stereocenters. The highest BCUT2D eigenvalue weighted by molar-refractivity contribution is 5.28. The molecular weight excluding hydrogens is 208 g/mol. The van der Waals surface area contributed by atoms with Crippen LogP contribution in [0.1, 0.15) is 43.4 Å². The van der Waals surface area contributed by atoms with Gasteiger partial charge in [-0.2, -0.15) is 0 Å². The number of likely N-dealkylation sites (tertiary alicyclic amines) is 1. The van der Waals surface area contributed by atoms with E-state index >= 15 is 0 Å².